The van der Waals surface area contributed by atoms with Gasteiger partial charge in [0, 0.05) is 4.28 Å². The molecule has 0 saturated heterocycles. The predicted octanol–water partition coefficient (Wildman–Crippen LogP) is 8.92. The van der Waals surface area contributed by atoms with Crippen LogP contribution in [-0.4, -0.2) is 13.2 Å². The van der Waals surface area contributed by atoms with E-state index in [9.17, 15) is 8.78 Å². The minimum atomic E-state index is -0.915. The van der Waals surface area contributed by atoms with E-state index in [0.29, 0.717) is 25.0 Å². The Bertz CT molecular complexity index is 727. The Hall–Kier alpha value is -1.32. The van der Waals surface area contributed by atoms with Crippen molar-refractivity contribution in [2.75, 3.05) is 13.2 Å². The Labute approximate surface area is 197 Å². The molecular formula is C28H48F2O2. The molecule has 0 aliphatic heterocycles. The SMILES string of the molecule is CC1CCC(COc2ccc(OCC3CCC(C4CCC(C)CC4)CC3)c(F)c2F)CC1.[HH].[HH].[HH]. The van der Waals surface area contributed by atoms with E-state index in [2.05, 4.69) is 13.8 Å². The minimum absolute atomic E-state index is 0. The van der Waals surface area contributed by atoms with Crippen LogP contribution in [0.3, 0.4) is 0 Å². The Kier molecular flexibility index (Phi) is 8.34. The van der Waals surface area contributed by atoms with Crippen molar-refractivity contribution in [3.63, 3.8) is 0 Å². The Morgan fingerprint density at radius 1 is 0.625 bits per heavy atom. The average molecular weight is 455 g/mol. The van der Waals surface area contributed by atoms with Gasteiger partial charge < -0.3 is 9.47 Å². The van der Waals surface area contributed by atoms with Crippen LogP contribution in [0.25, 0.3) is 0 Å². The molecule has 0 unspecified atom stereocenters. The van der Waals surface area contributed by atoms with Gasteiger partial charge in [-0.3, -0.25) is 0 Å². The molecular weight excluding hydrogens is 406 g/mol. The van der Waals surface area contributed by atoms with Crippen LogP contribution >= 0.6 is 0 Å². The van der Waals surface area contributed by atoms with Crippen LogP contribution in [0, 0.1) is 47.1 Å². The van der Waals surface area contributed by atoms with Crippen molar-refractivity contribution in [1.29, 1.82) is 0 Å². The molecule has 0 N–H and O–H groups in total. The zero-order valence-corrected chi connectivity index (χ0v) is 20.1. The summed E-state index contributed by atoms with van der Waals surface area (Å²) in [6.45, 7) is 5.59. The summed E-state index contributed by atoms with van der Waals surface area (Å²) in [6.07, 6.45) is 15.0. The number of benzene rings is 1. The quantitative estimate of drug-likeness (QED) is 0.409. The third kappa shape index (κ3) is 6.17. The summed E-state index contributed by atoms with van der Waals surface area (Å²) in [4.78, 5) is 0. The highest BCUT2D eigenvalue weighted by Gasteiger charge is 2.30. The van der Waals surface area contributed by atoms with Crippen molar-refractivity contribution in [1.82, 2.24) is 0 Å². The van der Waals surface area contributed by atoms with Gasteiger partial charge in [-0.2, -0.15) is 8.78 Å². The van der Waals surface area contributed by atoms with Crippen molar-refractivity contribution in [2.24, 2.45) is 35.5 Å². The summed E-state index contributed by atoms with van der Waals surface area (Å²) in [7, 11) is 0. The second-order valence-electron chi connectivity index (χ2n) is 11.2. The van der Waals surface area contributed by atoms with Gasteiger partial charge in [-0.1, -0.05) is 39.5 Å². The molecule has 4 heteroatoms. The van der Waals surface area contributed by atoms with Gasteiger partial charge in [-0.25, -0.2) is 0 Å². The number of halogens is 2. The monoisotopic (exact) mass is 454 g/mol. The average Bonchev–Trinajstić information content (AvgIpc) is 2.81. The van der Waals surface area contributed by atoms with E-state index < -0.39 is 11.6 Å². The summed E-state index contributed by atoms with van der Waals surface area (Å²) in [5.41, 5.74) is 0. The van der Waals surface area contributed by atoms with E-state index in [0.717, 1.165) is 49.4 Å². The van der Waals surface area contributed by atoms with Crippen LogP contribution in [0.2, 0.25) is 0 Å². The normalized spacial score (nSPS) is 33.6. The van der Waals surface area contributed by atoms with Gasteiger partial charge in [0.2, 0.25) is 11.6 Å². The van der Waals surface area contributed by atoms with E-state index in [1.54, 1.807) is 0 Å². The zero-order valence-electron chi connectivity index (χ0n) is 20.1. The number of ether oxygens (including phenoxy) is 2. The lowest BCUT2D eigenvalue weighted by atomic mass is 9.69. The van der Waals surface area contributed by atoms with Gasteiger partial charge >= 0.3 is 0 Å². The molecule has 0 atom stereocenters. The minimum Gasteiger partial charge on any atom is -0.490 e. The Morgan fingerprint density at radius 3 is 1.41 bits per heavy atom. The predicted molar refractivity (Wildman–Crippen MR) is 131 cm³/mol. The topological polar surface area (TPSA) is 18.5 Å². The summed E-state index contributed by atoms with van der Waals surface area (Å²) in [5, 5.41) is 0. The highest BCUT2D eigenvalue weighted by molar-refractivity contribution is 5.35. The molecule has 3 saturated carbocycles. The van der Waals surface area contributed by atoms with Gasteiger partial charge in [0.25, 0.3) is 0 Å². The molecule has 2 nitrogen and oxygen atoms in total. The lowest BCUT2D eigenvalue weighted by Crippen LogP contribution is -2.27. The molecule has 3 fully saturated rings. The molecule has 0 spiro atoms. The van der Waals surface area contributed by atoms with E-state index in [4.69, 9.17) is 9.47 Å². The molecule has 0 amide bonds. The Balaban J connectivity index is 0.00000204. The van der Waals surface area contributed by atoms with Crippen LogP contribution < -0.4 is 9.47 Å². The van der Waals surface area contributed by atoms with Crippen LogP contribution in [0.15, 0.2) is 12.1 Å². The number of rotatable bonds is 7. The maximum atomic E-state index is 14.6. The molecule has 1 aromatic carbocycles. The van der Waals surface area contributed by atoms with Crippen LogP contribution in [-0.2, 0) is 0 Å². The molecule has 1 aromatic rings. The summed E-state index contributed by atoms with van der Waals surface area (Å²) in [5.74, 6) is 2.52. The third-order valence-electron chi connectivity index (χ3n) is 8.71. The van der Waals surface area contributed by atoms with Crippen molar-refractivity contribution in [3.8, 4) is 11.5 Å². The van der Waals surface area contributed by atoms with Crippen LogP contribution in [0.4, 0.5) is 8.78 Å². The smallest absolute Gasteiger partial charge is 0.204 e. The first-order valence-electron chi connectivity index (χ1n) is 13.2. The van der Waals surface area contributed by atoms with Crippen LogP contribution in [0.5, 0.6) is 11.5 Å². The first kappa shape index (κ1) is 23.8. The van der Waals surface area contributed by atoms with E-state index in [1.807, 2.05) is 0 Å². The van der Waals surface area contributed by atoms with Gasteiger partial charge in [0.1, 0.15) is 0 Å². The van der Waals surface area contributed by atoms with Gasteiger partial charge in [-0.05, 0) is 99.0 Å². The fourth-order valence-electron chi connectivity index (χ4n) is 6.23. The summed E-state index contributed by atoms with van der Waals surface area (Å²) in [6, 6.07) is 3.06. The highest BCUT2D eigenvalue weighted by Crippen LogP contribution is 2.41. The first-order valence-corrected chi connectivity index (χ1v) is 13.2. The van der Waals surface area contributed by atoms with Crippen molar-refractivity contribution in [3.05, 3.63) is 23.8 Å². The molecule has 32 heavy (non-hydrogen) atoms. The number of hydrogen-bond donors (Lipinski definition) is 0. The molecule has 0 aromatic heterocycles. The van der Waals surface area contributed by atoms with Gasteiger partial charge in [0.15, 0.2) is 11.5 Å². The van der Waals surface area contributed by atoms with Crippen molar-refractivity contribution in [2.45, 2.75) is 90.9 Å². The molecule has 3 aliphatic rings. The largest absolute Gasteiger partial charge is 0.490 e. The van der Waals surface area contributed by atoms with Crippen LogP contribution in [0.1, 0.15) is 95.2 Å². The van der Waals surface area contributed by atoms with Gasteiger partial charge in [-0.15, -0.1) is 0 Å². The maximum absolute atomic E-state index is 14.6. The van der Waals surface area contributed by atoms with E-state index in [1.165, 1.54) is 63.5 Å². The maximum Gasteiger partial charge on any atom is 0.204 e. The van der Waals surface area contributed by atoms with E-state index >= 15 is 0 Å². The second kappa shape index (κ2) is 11.2. The summed E-state index contributed by atoms with van der Waals surface area (Å²) >= 11 is 0. The standard InChI is InChI=1S/C28H42F2O2.3H2/c1-19-3-7-21(8-4-19)17-31-25-15-16-26(28(30)27(25)29)32-18-22-9-13-24(14-10-22)23-11-5-20(2)6-12-23;;;/h15-16,19-24H,3-14,17-18H2,1-2H3;3*1H. The first-order chi connectivity index (χ1) is 15.5. The van der Waals surface area contributed by atoms with E-state index in [-0.39, 0.29) is 15.8 Å². The molecule has 3 aliphatic carbocycles. The molecule has 186 valence electrons. The van der Waals surface area contributed by atoms with Crippen molar-refractivity contribution >= 4 is 0 Å². The molecule has 0 bridgehead atoms. The zero-order chi connectivity index (χ0) is 22.5. The fraction of sp³-hybridized carbons (Fsp3) is 0.786. The lowest BCUT2D eigenvalue weighted by Gasteiger charge is -2.37. The molecule has 4 rings (SSSR count). The Morgan fingerprint density at radius 2 is 0.969 bits per heavy atom. The fourth-order valence-corrected chi connectivity index (χ4v) is 6.23. The van der Waals surface area contributed by atoms with Crippen molar-refractivity contribution < 1.29 is 22.5 Å². The summed E-state index contributed by atoms with van der Waals surface area (Å²) < 4.78 is 40.5. The molecule has 0 radical (unpaired) electrons. The lowest BCUT2D eigenvalue weighted by molar-refractivity contribution is 0.124. The number of hydrogen-bond acceptors (Lipinski definition) is 2. The third-order valence-corrected chi connectivity index (χ3v) is 8.71. The molecule has 0 heterocycles. The second-order valence-corrected chi connectivity index (χ2v) is 11.2. The highest BCUT2D eigenvalue weighted by atomic mass is 19.2. The van der Waals surface area contributed by atoms with Gasteiger partial charge in [0.05, 0.1) is 13.2 Å².